The third-order valence-electron chi connectivity index (χ3n) is 14.7. The number of hydrogen-bond donors (Lipinski definition) is 2. The highest BCUT2D eigenvalue weighted by atomic mass is 16.5. The number of hydrazine groups is 1. The van der Waals surface area contributed by atoms with Crippen LogP contribution < -0.4 is 15.6 Å². The Morgan fingerprint density at radius 1 is 1.03 bits per heavy atom. The Morgan fingerprint density at radius 2 is 1.75 bits per heavy atom. The van der Waals surface area contributed by atoms with Crippen molar-refractivity contribution in [2.24, 2.45) is 11.3 Å². The van der Waals surface area contributed by atoms with Gasteiger partial charge in [0.1, 0.15) is 12.1 Å². The van der Waals surface area contributed by atoms with Crippen molar-refractivity contribution >= 4 is 46.8 Å². The number of fused-ring (bicyclic) bond motifs is 1. The van der Waals surface area contributed by atoms with Crippen molar-refractivity contribution in [2.45, 2.75) is 111 Å². The van der Waals surface area contributed by atoms with Crippen molar-refractivity contribution in [3.8, 4) is 11.3 Å². The number of piperidine rings is 1. The third kappa shape index (κ3) is 12.6. The Hall–Kier alpha value is -5.56. The van der Waals surface area contributed by atoms with E-state index >= 15 is 0 Å². The van der Waals surface area contributed by atoms with E-state index < -0.39 is 12.1 Å². The Bertz CT molecular complexity index is 2330. The highest BCUT2D eigenvalue weighted by molar-refractivity contribution is 5.95. The van der Waals surface area contributed by atoms with Crippen LogP contribution in [0.5, 0.6) is 0 Å². The molecule has 18 nitrogen and oxygen atoms in total. The molecular weight excluding hydrogens is 905 g/mol. The molecule has 4 aliphatic heterocycles. The Kier molecular flexibility index (Phi) is 18.7. The van der Waals surface area contributed by atoms with Gasteiger partial charge in [0.2, 0.25) is 11.8 Å². The van der Waals surface area contributed by atoms with E-state index in [1.165, 1.54) is 33.1 Å². The minimum Gasteiger partial charge on any atom is -0.467 e. The largest absolute Gasteiger partial charge is 0.467 e. The van der Waals surface area contributed by atoms with E-state index in [4.69, 9.17) is 19.2 Å². The average molecular weight is 985 g/mol. The molecule has 6 heterocycles. The van der Waals surface area contributed by atoms with Crippen molar-refractivity contribution in [1.82, 2.24) is 44.9 Å². The first-order chi connectivity index (χ1) is 33.9. The minimum absolute atomic E-state index is 0.0773. The number of aromatic nitrogens is 2. The van der Waals surface area contributed by atoms with Gasteiger partial charge in [-0.15, -0.1) is 0 Å². The number of aryl methyl sites for hydroxylation is 1. The molecule has 18 heteroatoms. The number of carbonyl (C=O) groups excluding carboxylic acids is 5. The third-order valence-corrected chi connectivity index (χ3v) is 14.7. The van der Waals surface area contributed by atoms with Crippen LogP contribution in [0.15, 0.2) is 49.2 Å². The van der Waals surface area contributed by atoms with Crippen molar-refractivity contribution < 1.29 is 38.2 Å². The number of carbonyl (C=O) groups is 5. The summed E-state index contributed by atoms with van der Waals surface area (Å²) < 4.78 is 18.9. The summed E-state index contributed by atoms with van der Waals surface area (Å²) in [5.74, 6) is -0.719. The zero-order valence-electron chi connectivity index (χ0n) is 44.0. The molecule has 4 saturated heterocycles. The van der Waals surface area contributed by atoms with Gasteiger partial charge in [-0.05, 0) is 108 Å². The molecule has 5 amide bonds. The van der Waals surface area contributed by atoms with E-state index in [1.54, 1.807) is 35.9 Å². The van der Waals surface area contributed by atoms with Gasteiger partial charge in [-0.1, -0.05) is 34.3 Å². The molecule has 1 spiro atoms. The summed E-state index contributed by atoms with van der Waals surface area (Å²) >= 11 is 0. The molecule has 0 aliphatic carbocycles. The molecule has 2 N–H and O–H groups in total. The molecule has 71 heavy (non-hydrogen) atoms. The standard InChI is InChI=1S/C28H37N3O4.C25H43N7O4/c1-6-31-25-10-9-21(30-12-14-34-15-13-30)16-23(25)24(17-28(3,4)18-35-19-32)27(31)22-8-7-11-29-26(22)20(2)33-5;1-7-20(33)31-16-25(28(5)17-31)10-14-30(15-11-25)24(36)29(6)21(18(2)3)22(34)27-19(4)23(35)32-13-9-8-12-26-32/h7-11,16,19-20H,6,12-15,17-18H2,1-5H3;7,18-19,21,26H,1,8-17H2,2-6H3,(H,27,34). The number of hydrogen-bond acceptors (Lipinski definition) is 12. The maximum Gasteiger partial charge on any atom is 0.320 e. The van der Waals surface area contributed by atoms with E-state index in [2.05, 4.69) is 76.7 Å². The number of urea groups is 1. The van der Waals surface area contributed by atoms with Crippen LogP contribution >= 0.6 is 0 Å². The van der Waals surface area contributed by atoms with E-state index in [0.717, 1.165) is 88.4 Å². The van der Waals surface area contributed by atoms with Crippen LogP contribution in [0.2, 0.25) is 0 Å². The molecule has 0 bridgehead atoms. The van der Waals surface area contributed by atoms with Crippen LogP contribution in [-0.2, 0) is 46.4 Å². The monoisotopic (exact) mass is 985 g/mol. The van der Waals surface area contributed by atoms with E-state index in [1.807, 2.05) is 40.1 Å². The smallest absolute Gasteiger partial charge is 0.320 e. The number of benzene rings is 1. The lowest BCUT2D eigenvalue weighted by molar-refractivity contribution is -0.140. The maximum atomic E-state index is 13.4. The number of methoxy groups -OCH3 is 1. The number of amides is 5. The number of pyridine rings is 1. The number of rotatable bonds is 16. The fourth-order valence-electron chi connectivity index (χ4n) is 10.7. The lowest BCUT2D eigenvalue weighted by Crippen LogP contribution is -2.60. The quantitative estimate of drug-likeness (QED) is 0.137. The highest BCUT2D eigenvalue weighted by Gasteiger charge is 2.47. The van der Waals surface area contributed by atoms with Crippen LogP contribution in [0.1, 0.15) is 91.5 Å². The van der Waals surface area contributed by atoms with Gasteiger partial charge in [-0.2, -0.15) is 0 Å². The zero-order chi connectivity index (χ0) is 51.6. The van der Waals surface area contributed by atoms with Crippen molar-refractivity contribution in [3.05, 3.63) is 60.4 Å². The van der Waals surface area contributed by atoms with Crippen LogP contribution in [0.25, 0.3) is 22.2 Å². The molecule has 0 radical (unpaired) electrons. The molecule has 3 aromatic rings. The van der Waals surface area contributed by atoms with Crippen molar-refractivity contribution in [1.29, 1.82) is 0 Å². The number of anilines is 1. The number of ether oxygens (including phenoxy) is 3. The molecular formula is C53H80N10O8. The fraction of sp³-hybridized carbons (Fsp3) is 0.623. The van der Waals surface area contributed by atoms with Crippen LogP contribution in [0.4, 0.5) is 10.5 Å². The molecule has 1 aromatic carbocycles. The SMILES string of the molecule is C=CC(=O)N1CN(C)C2(CCN(C(=O)N(C)C(C(=O)NC(C)C(=O)N3CCCCN3)C(C)C)CC2)C1.CCn1c(-c2cccnc2C(C)OC)c(CC(C)(C)COC=O)c2cc(N3CCOCC3)ccc21. The summed E-state index contributed by atoms with van der Waals surface area (Å²) in [4.78, 5) is 76.8. The molecule has 390 valence electrons. The summed E-state index contributed by atoms with van der Waals surface area (Å²) in [6, 6.07) is 9.31. The van der Waals surface area contributed by atoms with Gasteiger partial charge >= 0.3 is 6.03 Å². The van der Waals surface area contributed by atoms with Gasteiger partial charge in [0.05, 0.1) is 44.0 Å². The molecule has 7 rings (SSSR count). The van der Waals surface area contributed by atoms with Gasteiger partial charge in [-0.25, -0.2) is 10.2 Å². The van der Waals surface area contributed by atoms with Gasteiger partial charge in [0.25, 0.3) is 12.4 Å². The van der Waals surface area contributed by atoms with Crippen LogP contribution in [0.3, 0.4) is 0 Å². The van der Waals surface area contributed by atoms with Crippen LogP contribution in [0, 0.1) is 11.3 Å². The predicted molar refractivity (Wildman–Crippen MR) is 275 cm³/mol. The Balaban J connectivity index is 0.000000232. The van der Waals surface area contributed by atoms with Crippen molar-refractivity contribution in [2.75, 3.05) is 98.4 Å². The van der Waals surface area contributed by atoms with Gasteiger partial charge in [0.15, 0.2) is 0 Å². The Labute approximate surface area is 420 Å². The highest BCUT2D eigenvalue weighted by Crippen LogP contribution is 2.42. The first kappa shape index (κ1) is 54.8. The second kappa shape index (κ2) is 24.2. The second-order valence-electron chi connectivity index (χ2n) is 20.6. The molecule has 4 aliphatic rings. The van der Waals surface area contributed by atoms with Crippen molar-refractivity contribution in [3.63, 3.8) is 0 Å². The maximum absolute atomic E-state index is 13.4. The summed E-state index contributed by atoms with van der Waals surface area (Å²) in [6.07, 6.45) is 7.22. The van der Waals surface area contributed by atoms with Gasteiger partial charge in [0, 0.05) is 106 Å². The molecule has 0 saturated carbocycles. The summed E-state index contributed by atoms with van der Waals surface area (Å²) in [5.41, 5.74) is 9.49. The first-order valence-electron chi connectivity index (χ1n) is 25.4. The summed E-state index contributed by atoms with van der Waals surface area (Å²) in [7, 11) is 5.39. The van der Waals surface area contributed by atoms with E-state index in [9.17, 15) is 24.0 Å². The first-order valence-corrected chi connectivity index (χ1v) is 25.4. The molecule has 3 atom stereocenters. The Morgan fingerprint density at radius 3 is 2.37 bits per heavy atom. The van der Waals surface area contributed by atoms with E-state index in [0.29, 0.717) is 45.9 Å². The number of likely N-dealkylation sites (N-methyl/N-ethyl adjacent to an activating group) is 2. The number of likely N-dealkylation sites (tertiary alicyclic amines) is 1. The number of morpholine rings is 1. The second-order valence-corrected chi connectivity index (χ2v) is 20.6. The zero-order valence-corrected chi connectivity index (χ0v) is 44.0. The fourth-order valence-corrected chi connectivity index (χ4v) is 10.7. The topological polar surface area (TPSA) is 174 Å². The van der Waals surface area contributed by atoms with Crippen LogP contribution in [-0.4, -0.2) is 176 Å². The molecule has 2 aromatic heterocycles. The van der Waals surface area contributed by atoms with E-state index in [-0.39, 0.29) is 46.7 Å². The minimum atomic E-state index is -0.701. The summed E-state index contributed by atoms with van der Waals surface area (Å²) in [6.45, 7) is 26.2. The average Bonchev–Trinajstić information content (AvgIpc) is 3.86. The lowest BCUT2D eigenvalue weighted by Gasteiger charge is -2.44. The number of nitrogens with one attached hydrogen (secondary N) is 2. The lowest BCUT2D eigenvalue weighted by atomic mass is 9.84. The predicted octanol–water partition coefficient (Wildman–Crippen LogP) is 5.46. The molecule has 3 unspecified atom stereocenters. The van der Waals surface area contributed by atoms with Gasteiger partial charge in [-0.3, -0.25) is 34.1 Å². The summed E-state index contributed by atoms with van der Waals surface area (Å²) in [5, 5.41) is 5.63. The van der Waals surface area contributed by atoms with Gasteiger partial charge < -0.3 is 43.7 Å². The normalized spacial score (nSPS) is 18.7. The molecule has 4 fully saturated rings. The number of nitrogens with zero attached hydrogens (tertiary/aromatic N) is 8.